The number of nitrogens with zero attached hydrogens (tertiary/aromatic N) is 3. The number of fused-ring (bicyclic) bond motifs is 1. The molecule has 3 N–H and O–H groups in total. The Labute approximate surface area is 182 Å². The van der Waals surface area contributed by atoms with Gasteiger partial charge in [-0.1, -0.05) is 6.92 Å². The predicted molar refractivity (Wildman–Crippen MR) is 113 cm³/mol. The molecule has 9 nitrogen and oxygen atoms in total. The SMILES string of the molecule is CCNC(=O)c1csc(N2CC(SC3=C(C(=O)O)N4C(=O)C(C(C)O)C4[C@H]3C)C2)n1. The van der Waals surface area contributed by atoms with Crippen molar-refractivity contribution in [3.8, 4) is 0 Å². The fraction of sp³-hybridized carbons (Fsp3) is 0.579. The van der Waals surface area contributed by atoms with Crippen molar-refractivity contribution in [3.63, 3.8) is 0 Å². The van der Waals surface area contributed by atoms with E-state index in [-0.39, 0.29) is 34.7 Å². The minimum absolute atomic E-state index is 0.0608. The average molecular weight is 453 g/mol. The smallest absolute Gasteiger partial charge is 0.353 e. The lowest BCUT2D eigenvalue weighted by atomic mass is 9.79. The van der Waals surface area contributed by atoms with Gasteiger partial charge < -0.3 is 25.3 Å². The molecular weight excluding hydrogens is 428 g/mol. The van der Waals surface area contributed by atoms with Crippen molar-refractivity contribution in [2.24, 2.45) is 11.8 Å². The number of aromatic nitrogens is 1. The van der Waals surface area contributed by atoms with E-state index in [9.17, 15) is 24.6 Å². The van der Waals surface area contributed by atoms with Crippen molar-refractivity contribution < 1.29 is 24.6 Å². The van der Waals surface area contributed by atoms with Gasteiger partial charge in [-0.15, -0.1) is 23.1 Å². The third-order valence-corrected chi connectivity index (χ3v) is 8.14. The van der Waals surface area contributed by atoms with Crippen LogP contribution in [0.2, 0.25) is 0 Å². The molecular formula is C19H24N4O5S2. The van der Waals surface area contributed by atoms with Gasteiger partial charge >= 0.3 is 5.97 Å². The summed E-state index contributed by atoms with van der Waals surface area (Å²) in [7, 11) is 0. The van der Waals surface area contributed by atoms with E-state index >= 15 is 0 Å². The van der Waals surface area contributed by atoms with Crippen LogP contribution in [0.5, 0.6) is 0 Å². The van der Waals surface area contributed by atoms with Crippen LogP contribution in [0.15, 0.2) is 16.0 Å². The van der Waals surface area contributed by atoms with Crippen LogP contribution in [0.25, 0.3) is 0 Å². The fourth-order valence-electron chi connectivity index (χ4n) is 4.29. The number of thiazole rings is 1. The number of carbonyl (C=O) groups excluding carboxylic acids is 2. The highest BCUT2D eigenvalue weighted by Gasteiger charge is 2.60. The summed E-state index contributed by atoms with van der Waals surface area (Å²) >= 11 is 2.91. The molecule has 2 fully saturated rings. The van der Waals surface area contributed by atoms with Crippen molar-refractivity contribution in [1.29, 1.82) is 0 Å². The van der Waals surface area contributed by atoms with E-state index in [1.54, 1.807) is 12.3 Å². The number of hydrogen-bond donors (Lipinski definition) is 3. The second kappa shape index (κ2) is 7.86. The zero-order valence-corrected chi connectivity index (χ0v) is 18.5. The van der Waals surface area contributed by atoms with Crippen LogP contribution in [0.4, 0.5) is 5.13 Å². The Bertz CT molecular complexity index is 924. The lowest BCUT2D eigenvalue weighted by Crippen LogP contribution is -2.63. The van der Waals surface area contributed by atoms with Crippen LogP contribution in [-0.4, -0.2) is 74.9 Å². The molecule has 1 aromatic heterocycles. The molecule has 4 atom stereocenters. The number of β-lactam (4-membered cyclic amide) rings is 1. The molecule has 2 saturated heterocycles. The summed E-state index contributed by atoms with van der Waals surface area (Å²) in [6, 6.07) is -0.291. The Kier molecular flexibility index (Phi) is 5.54. The summed E-state index contributed by atoms with van der Waals surface area (Å²) in [5.74, 6) is -2.29. The molecule has 0 aromatic carbocycles. The number of nitrogens with one attached hydrogen (secondary N) is 1. The number of carboxylic acid groups (broad SMARTS) is 1. The number of carboxylic acids is 1. The third-order valence-electron chi connectivity index (χ3n) is 5.79. The Morgan fingerprint density at radius 3 is 2.73 bits per heavy atom. The van der Waals surface area contributed by atoms with Crippen LogP contribution in [0.3, 0.4) is 0 Å². The van der Waals surface area contributed by atoms with Gasteiger partial charge in [-0.2, -0.15) is 0 Å². The van der Waals surface area contributed by atoms with Gasteiger partial charge in [0.2, 0.25) is 5.91 Å². The zero-order valence-electron chi connectivity index (χ0n) is 16.9. The van der Waals surface area contributed by atoms with E-state index in [0.717, 1.165) is 5.13 Å². The highest BCUT2D eigenvalue weighted by Crippen LogP contribution is 2.52. The van der Waals surface area contributed by atoms with Gasteiger partial charge in [-0.25, -0.2) is 9.78 Å². The second-order valence-electron chi connectivity index (χ2n) is 7.79. The zero-order chi connectivity index (χ0) is 21.7. The molecule has 4 rings (SSSR count). The van der Waals surface area contributed by atoms with Gasteiger partial charge in [0.05, 0.1) is 18.1 Å². The van der Waals surface area contributed by atoms with E-state index < -0.39 is 18.0 Å². The molecule has 11 heteroatoms. The molecule has 4 heterocycles. The molecule has 3 aliphatic heterocycles. The van der Waals surface area contributed by atoms with Gasteiger partial charge in [0.25, 0.3) is 5.91 Å². The number of carbonyl (C=O) groups is 3. The number of rotatable bonds is 7. The lowest BCUT2D eigenvalue weighted by molar-refractivity contribution is -0.163. The van der Waals surface area contributed by atoms with E-state index in [4.69, 9.17) is 0 Å². The maximum atomic E-state index is 12.4. The molecule has 3 unspecified atom stereocenters. The molecule has 2 amide bonds. The van der Waals surface area contributed by atoms with Gasteiger partial charge in [-0.3, -0.25) is 9.59 Å². The van der Waals surface area contributed by atoms with E-state index in [1.165, 1.54) is 28.0 Å². The minimum atomic E-state index is -1.10. The molecule has 162 valence electrons. The number of anilines is 1. The van der Waals surface area contributed by atoms with Crippen molar-refractivity contribution in [3.05, 3.63) is 21.7 Å². The molecule has 1 aromatic rings. The molecule has 0 spiro atoms. The Balaban J connectivity index is 1.43. The first-order valence-electron chi connectivity index (χ1n) is 9.88. The van der Waals surface area contributed by atoms with Crippen LogP contribution < -0.4 is 10.2 Å². The highest BCUT2D eigenvalue weighted by atomic mass is 32.2. The number of aliphatic hydroxyl groups excluding tert-OH is 1. The Hall–Kier alpha value is -2.11. The maximum Gasteiger partial charge on any atom is 0.353 e. The summed E-state index contributed by atoms with van der Waals surface area (Å²) < 4.78 is 0. The van der Waals surface area contributed by atoms with Crippen molar-refractivity contribution in [1.82, 2.24) is 15.2 Å². The molecule has 0 aliphatic carbocycles. The van der Waals surface area contributed by atoms with E-state index in [2.05, 4.69) is 15.2 Å². The van der Waals surface area contributed by atoms with Crippen LogP contribution in [0.1, 0.15) is 31.3 Å². The Morgan fingerprint density at radius 2 is 2.13 bits per heavy atom. The number of thioether (sulfide) groups is 1. The quantitative estimate of drug-likeness (QED) is 0.523. The third kappa shape index (κ3) is 3.28. The predicted octanol–water partition coefficient (Wildman–Crippen LogP) is 0.968. The monoisotopic (exact) mass is 452 g/mol. The molecule has 3 aliphatic rings. The minimum Gasteiger partial charge on any atom is -0.477 e. The van der Waals surface area contributed by atoms with Gasteiger partial charge in [-0.05, 0) is 13.8 Å². The van der Waals surface area contributed by atoms with Crippen molar-refractivity contribution in [2.45, 2.75) is 38.2 Å². The fourth-order valence-corrected chi connectivity index (χ4v) is 6.64. The normalized spacial score (nSPS) is 26.9. The Morgan fingerprint density at radius 1 is 1.43 bits per heavy atom. The number of amides is 2. The number of aliphatic hydroxyl groups is 1. The number of aliphatic carboxylic acids is 1. The summed E-state index contributed by atoms with van der Waals surface area (Å²) in [6.07, 6.45) is -0.802. The first-order valence-corrected chi connectivity index (χ1v) is 11.6. The first kappa shape index (κ1) is 21.1. The maximum absolute atomic E-state index is 12.4. The lowest BCUT2D eigenvalue weighted by Gasteiger charge is -2.46. The van der Waals surface area contributed by atoms with Crippen LogP contribution in [-0.2, 0) is 9.59 Å². The summed E-state index contributed by atoms with van der Waals surface area (Å²) in [4.78, 5) is 44.7. The van der Waals surface area contributed by atoms with Gasteiger partial charge in [0, 0.05) is 41.1 Å². The van der Waals surface area contributed by atoms with Crippen LogP contribution in [0, 0.1) is 11.8 Å². The molecule has 30 heavy (non-hydrogen) atoms. The molecule has 0 radical (unpaired) electrons. The van der Waals surface area contributed by atoms with E-state index in [1.807, 2.05) is 13.8 Å². The van der Waals surface area contributed by atoms with Crippen LogP contribution >= 0.6 is 23.1 Å². The summed E-state index contributed by atoms with van der Waals surface area (Å²) in [5.41, 5.74) is 0.464. The number of hydrogen-bond acceptors (Lipinski definition) is 8. The average Bonchev–Trinajstić information content (AvgIpc) is 3.20. The summed E-state index contributed by atoms with van der Waals surface area (Å²) in [6.45, 7) is 7.28. The largest absolute Gasteiger partial charge is 0.477 e. The topological polar surface area (TPSA) is 123 Å². The van der Waals surface area contributed by atoms with Gasteiger partial charge in [0.15, 0.2) is 5.13 Å². The molecule has 0 saturated carbocycles. The summed E-state index contributed by atoms with van der Waals surface area (Å²) in [5, 5.41) is 25.1. The van der Waals surface area contributed by atoms with Crippen molar-refractivity contribution >= 4 is 46.0 Å². The molecule has 0 bridgehead atoms. The van der Waals surface area contributed by atoms with Crippen molar-refractivity contribution in [2.75, 3.05) is 24.5 Å². The highest BCUT2D eigenvalue weighted by molar-refractivity contribution is 8.03. The standard InChI is InChI=1S/C19H24N4O5S2/c1-4-20-16(25)11-7-29-19(21-11)22-5-10(6-22)30-15-8(2)13-12(9(3)24)17(26)23(13)14(15)18(27)28/h7-10,12-13,24H,4-6H2,1-3H3,(H,20,25)(H,27,28)/t8-,9?,12?,13?/m1/s1. The van der Waals surface area contributed by atoms with Gasteiger partial charge in [0.1, 0.15) is 11.4 Å². The first-order chi connectivity index (χ1) is 14.2. The van der Waals surface area contributed by atoms with E-state index in [0.29, 0.717) is 30.2 Å². The second-order valence-corrected chi connectivity index (χ2v) is 9.97.